The molecule has 0 aliphatic heterocycles. The Hall–Kier alpha value is -1.99. The summed E-state index contributed by atoms with van der Waals surface area (Å²) >= 11 is 5.96. The predicted octanol–water partition coefficient (Wildman–Crippen LogP) is -0.0668. The number of carbonyl (C=O) groups excluding carboxylic acids is 2. The summed E-state index contributed by atoms with van der Waals surface area (Å²) in [6.45, 7) is -0.292. The van der Waals surface area contributed by atoms with Gasteiger partial charge >= 0.3 is 0 Å². The predicted molar refractivity (Wildman–Crippen MR) is 72.1 cm³/mol. The van der Waals surface area contributed by atoms with E-state index in [-0.39, 0.29) is 17.1 Å². The zero-order valence-corrected chi connectivity index (χ0v) is 11.7. The Morgan fingerprint density at radius 1 is 1.40 bits per heavy atom. The summed E-state index contributed by atoms with van der Waals surface area (Å²) in [6, 6.07) is 2.81. The number of benzene rings is 1. The molecular weight excluding hydrogens is 288 g/mol. The van der Waals surface area contributed by atoms with Gasteiger partial charge in [-0.05, 0) is 12.1 Å². The molecule has 0 radical (unpaired) electrons. The van der Waals surface area contributed by atoms with Gasteiger partial charge in [0.15, 0.2) is 11.5 Å². The van der Waals surface area contributed by atoms with Crippen LogP contribution in [0.1, 0.15) is 10.4 Å². The van der Waals surface area contributed by atoms with Crippen LogP contribution in [0, 0.1) is 0 Å². The number of carbonyl (C=O) groups is 2. The van der Waals surface area contributed by atoms with Crippen LogP contribution in [-0.2, 0) is 4.79 Å². The molecule has 0 aromatic heterocycles. The Kier molecular flexibility index (Phi) is 5.60. The summed E-state index contributed by atoms with van der Waals surface area (Å²) in [7, 11) is 2.83. The van der Waals surface area contributed by atoms with Crippen LogP contribution in [0.2, 0.25) is 5.02 Å². The van der Waals surface area contributed by atoms with Crippen LogP contribution in [0.5, 0.6) is 11.5 Å². The lowest BCUT2D eigenvalue weighted by Crippen LogP contribution is -2.39. The fourth-order valence-electron chi connectivity index (χ4n) is 1.44. The van der Waals surface area contributed by atoms with Gasteiger partial charge in [-0.15, -0.1) is 0 Å². The first-order valence-corrected chi connectivity index (χ1v) is 5.95. The van der Waals surface area contributed by atoms with E-state index in [4.69, 9.17) is 26.8 Å². The second kappa shape index (κ2) is 6.97. The number of rotatable bonds is 6. The fourth-order valence-corrected chi connectivity index (χ4v) is 1.73. The smallest absolute Gasteiger partial charge is 0.251 e. The van der Waals surface area contributed by atoms with E-state index in [1.54, 1.807) is 0 Å². The number of methoxy groups -OCH3 is 2. The largest absolute Gasteiger partial charge is 0.493 e. The number of primary amides is 1. The molecule has 110 valence electrons. The first kappa shape index (κ1) is 16.1. The van der Waals surface area contributed by atoms with Crippen molar-refractivity contribution in [1.82, 2.24) is 5.32 Å². The Labute approximate surface area is 120 Å². The number of halogens is 1. The lowest BCUT2D eigenvalue weighted by Gasteiger charge is -2.12. The fraction of sp³-hybridized carbons (Fsp3) is 0.333. The lowest BCUT2D eigenvalue weighted by atomic mass is 10.2. The molecular formula is C12H15ClN2O5. The minimum Gasteiger partial charge on any atom is -0.493 e. The van der Waals surface area contributed by atoms with Gasteiger partial charge in [0.05, 0.1) is 25.8 Å². The molecule has 20 heavy (non-hydrogen) atoms. The van der Waals surface area contributed by atoms with E-state index >= 15 is 0 Å². The van der Waals surface area contributed by atoms with Gasteiger partial charge in [0.25, 0.3) is 5.91 Å². The third-order valence-corrected chi connectivity index (χ3v) is 2.76. The molecule has 0 heterocycles. The summed E-state index contributed by atoms with van der Waals surface area (Å²) < 4.78 is 10.1. The highest BCUT2D eigenvalue weighted by atomic mass is 35.5. The van der Waals surface area contributed by atoms with Crippen molar-refractivity contribution < 1.29 is 24.2 Å². The number of nitrogens with two attached hydrogens (primary N) is 1. The molecule has 4 N–H and O–H groups in total. The lowest BCUT2D eigenvalue weighted by molar-refractivity contribution is -0.125. The van der Waals surface area contributed by atoms with Gasteiger partial charge < -0.3 is 25.6 Å². The van der Waals surface area contributed by atoms with Gasteiger partial charge in [0, 0.05) is 5.56 Å². The van der Waals surface area contributed by atoms with Crippen molar-refractivity contribution in [3.63, 3.8) is 0 Å². The third-order valence-electron chi connectivity index (χ3n) is 2.48. The van der Waals surface area contributed by atoms with Crippen LogP contribution in [0.15, 0.2) is 12.1 Å². The number of ether oxygens (including phenoxy) is 2. The van der Waals surface area contributed by atoms with E-state index in [2.05, 4.69) is 5.32 Å². The maximum atomic E-state index is 11.9. The van der Waals surface area contributed by atoms with Crippen LogP contribution in [0.25, 0.3) is 0 Å². The third kappa shape index (κ3) is 3.75. The summed E-state index contributed by atoms with van der Waals surface area (Å²) in [5.74, 6) is -0.854. The molecule has 0 aliphatic rings. The van der Waals surface area contributed by atoms with Crippen LogP contribution < -0.4 is 20.5 Å². The second-order valence-electron chi connectivity index (χ2n) is 3.82. The Morgan fingerprint density at radius 2 is 2.05 bits per heavy atom. The van der Waals surface area contributed by atoms with Crippen molar-refractivity contribution >= 4 is 23.4 Å². The number of hydrogen-bond acceptors (Lipinski definition) is 5. The van der Waals surface area contributed by atoms with Gasteiger partial charge in [-0.25, -0.2) is 0 Å². The van der Waals surface area contributed by atoms with Crippen molar-refractivity contribution in [3.8, 4) is 11.5 Å². The zero-order valence-electron chi connectivity index (χ0n) is 11.0. The van der Waals surface area contributed by atoms with E-state index in [0.29, 0.717) is 11.5 Å². The minimum atomic E-state index is -1.45. The van der Waals surface area contributed by atoms with Crippen molar-refractivity contribution in [3.05, 3.63) is 22.7 Å². The monoisotopic (exact) mass is 302 g/mol. The maximum Gasteiger partial charge on any atom is 0.251 e. The number of aliphatic hydroxyl groups excluding tert-OH is 1. The molecule has 0 spiro atoms. The zero-order chi connectivity index (χ0) is 15.3. The van der Waals surface area contributed by atoms with Gasteiger partial charge in [-0.2, -0.15) is 0 Å². The summed E-state index contributed by atoms with van der Waals surface area (Å²) in [4.78, 5) is 22.5. The standard InChI is InChI=1S/C12H15ClN2O5/c1-19-9-4-6(3-7(13)10(9)20-2)12(18)15-5-8(16)11(14)17/h3-4,8,16H,5H2,1-2H3,(H2,14,17)(H,15,18). The van der Waals surface area contributed by atoms with Gasteiger partial charge in [-0.1, -0.05) is 11.6 Å². The SMILES string of the molecule is COc1cc(C(=O)NCC(O)C(N)=O)cc(Cl)c1OC. The van der Waals surface area contributed by atoms with Crippen LogP contribution in [0.4, 0.5) is 0 Å². The molecule has 0 bridgehead atoms. The highest BCUT2D eigenvalue weighted by molar-refractivity contribution is 6.32. The van der Waals surface area contributed by atoms with Crippen molar-refractivity contribution in [2.45, 2.75) is 6.10 Å². The van der Waals surface area contributed by atoms with Crippen molar-refractivity contribution in [2.24, 2.45) is 5.73 Å². The molecule has 2 amide bonds. The van der Waals surface area contributed by atoms with E-state index in [0.717, 1.165) is 0 Å². The first-order valence-electron chi connectivity index (χ1n) is 5.57. The Morgan fingerprint density at radius 3 is 2.55 bits per heavy atom. The van der Waals surface area contributed by atoms with Gasteiger partial charge in [0.1, 0.15) is 6.10 Å². The molecule has 7 nitrogen and oxygen atoms in total. The molecule has 0 saturated heterocycles. The number of hydrogen-bond donors (Lipinski definition) is 3. The molecule has 1 unspecified atom stereocenters. The van der Waals surface area contributed by atoms with E-state index in [9.17, 15) is 14.7 Å². The molecule has 8 heteroatoms. The summed E-state index contributed by atoms with van der Waals surface area (Å²) in [6.07, 6.45) is -1.45. The molecule has 1 aromatic carbocycles. The normalized spacial score (nSPS) is 11.6. The molecule has 1 rings (SSSR count). The van der Waals surface area contributed by atoms with Gasteiger partial charge in [-0.3, -0.25) is 9.59 Å². The minimum absolute atomic E-state index is 0.198. The molecule has 1 aromatic rings. The number of nitrogens with one attached hydrogen (secondary N) is 1. The number of aliphatic hydroxyl groups is 1. The van der Waals surface area contributed by atoms with Crippen LogP contribution in [-0.4, -0.2) is 43.8 Å². The average molecular weight is 303 g/mol. The topological polar surface area (TPSA) is 111 Å². The molecule has 0 fully saturated rings. The maximum absolute atomic E-state index is 11.9. The Bertz CT molecular complexity index is 521. The highest BCUT2D eigenvalue weighted by Crippen LogP contribution is 2.35. The summed E-state index contributed by atoms with van der Waals surface area (Å²) in [5.41, 5.74) is 5.07. The van der Waals surface area contributed by atoms with E-state index in [1.165, 1.54) is 26.4 Å². The van der Waals surface area contributed by atoms with Crippen molar-refractivity contribution in [1.29, 1.82) is 0 Å². The molecule has 0 saturated carbocycles. The molecule has 1 atom stereocenters. The summed E-state index contributed by atoms with van der Waals surface area (Å²) in [5, 5.41) is 11.8. The highest BCUT2D eigenvalue weighted by Gasteiger charge is 2.17. The Balaban J connectivity index is 2.89. The van der Waals surface area contributed by atoms with E-state index in [1.807, 2.05) is 0 Å². The first-order chi connectivity index (χ1) is 9.40. The van der Waals surface area contributed by atoms with E-state index < -0.39 is 17.9 Å². The second-order valence-corrected chi connectivity index (χ2v) is 4.23. The van der Waals surface area contributed by atoms with Crippen molar-refractivity contribution in [2.75, 3.05) is 20.8 Å². The molecule has 0 aliphatic carbocycles. The average Bonchev–Trinajstić information content (AvgIpc) is 2.42. The van der Waals surface area contributed by atoms with Gasteiger partial charge in [0.2, 0.25) is 5.91 Å². The number of amides is 2. The quantitative estimate of drug-likeness (QED) is 0.681. The van der Waals surface area contributed by atoms with Crippen LogP contribution >= 0.6 is 11.6 Å². The van der Waals surface area contributed by atoms with Crippen LogP contribution in [0.3, 0.4) is 0 Å².